The average Bonchev–Trinajstić information content (AvgIpc) is 3.05. The number of pyridine rings is 1. The van der Waals surface area contributed by atoms with Gasteiger partial charge in [-0.05, 0) is 48.4 Å². The van der Waals surface area contributed by atoms with E-state index in [0.717, 1.165) is 33.3 Å². The number of nitrogens with zero attached hydrogens (tertiary/aromatic N) is 2. The number of halogens is 1. The van der Waals surface area contributed by atoms with Crippen molar-refractivity contribution in [3.63, 3.8) is 0 Å². The quantitative estimate of drug-likeness (QED) is 0.581. The molecule has 2 aromatic heterocycles. The van der Waals surface area contributed by atoms with Gasteiger partial charge in [0.25, 0.3) is 0 Å². The Morgan fingerprint density at radius 2 is 1.87 bits per heavy atom. The molecule has 4 aromatic rings. The van der Waals surface area contributed by atoms with Crippen LogP contribution in [0.15, 0.2) is 60.9 Å². The highest BCUT2D eigenvalue weighted by molar-refractivity contribution is 5.88. The first-order chi connectivity index (χ1) is 11.2. The lowest BCUT2D eigenvalue weighted by molar-refractivity contribution is 0.619. The minimum atomic E-state index is -0.204. The summed E-state index contributed by atoms with van der Waals surface area (Å²) in [5.41, 5.74) is 5.40. The second kappa shape index (κ2) is 5.32. The van der Waals surface area contributed by atoms with Crippen LogP contribution >= 0.6 is 0 Å². The number of hydrogen-bond donors (Lipinski definition) is 1. The van der Waals surface area contributed by atoms with Crippen molar-refractivity contribution in [3.05, 3.63) is 72.3 Å². The van der Waals surface area contributed by atoms with Crippen LogP contribution in [-0.4, -0.2) is 15.2 Å². The lowest BCUT2D eigenvalue weighted by Crippen LogP contribution is -1.91. The van der Waals surface area contributed by atoms with E-state index in [0.29, 0.717) is 5.56 Å². The van der Waals surface area contributed by atoms with E-state index in [-0.39, 0.29) is 5.82 Å². The second-order valence-electron chi connectivity index (χ2n) is 5.54. The highest BCUT2D eigenvalue weighted by atomic mass is 19.1. The summed E-state index contributed by atoms with van der Waals surface area (Å²) in [4.78, 5) is 4.52. The van der Waals surface area contributed by atoms with Gasteiger partial charge in [-0.2, -0.15) is 5.10 Å². The van der Waals surface area contributed by atoms with Crippen molar-refractivity contribution in [2.75, 3.05) is 0 Å². The lowest BCUT2D eigenvalue weighted by Gasteiger charge is -2.10. The molecule has 0 atom stereocenters. The van der Waals surface area contributed by atoms with E-state index in [4.69, 9.17) is 0 Å². The van der Waals surface area contributed by atoms with E-state index >= 15 is 0 Å². The molecule has 0 spiro atoms. The maximum atomic E-state index is 13.5. The van der Waals surface area contributed by atoms with Crippen LogP contribution in [0.25, 0.3) is 33.3 Å². The van der Waals surface area contributed by atoms with E-state index in [1.54, 1.807) is 25.4 Å². The summed E-state index contributed by atoms with van der Waals surface area (Å²) in [7, 11) is 0. The van der Waals surface area contributed by atoms with Crippen molar-refractivity contribution < 1.29 is 4.39 Å². The topological polar surface area (TPSA) is 41.6 Å². The van der Waals surface area contributed by atoms with Gasteiger partial charge >= 0.3 is 0 Å². The summed E-state index contributed by atoms with van der Waals surface area (Å²) in [6.45, 7) is 1.76. The van der Waals surface area contributed by atoms with Crippen molar-refractivity contribution in [2.24, 2.45) is 0 Å². The van der Waals surface area contributed by atoms with Crippen LogP contribution in [-0.2, 0) is 0 Å². The summed E-state index contributed by atoms with van der Waals surface area (Å²) >= 11 is 0. The van der Waals surface area contributed by atoms with Gasteiger partial charge in [0.2, 0.25) is 0 Å². The molecule has 4 rings (SSSR count). The molecule has 3 nitrogen and oxygen atoms in total. The van der Waals surface area contributed by atoms with Crippen LogP contribution in [0.3, 0.4) is 0 Å². The smallest absolute Gasteiger partial charge is 0.126 e. The molecule has 0 radical (unpaired) electrons. The Morgan fingerprint density at radius 3 is 2.74 bits per heavy atom. The predicted octanol–water partition coefficient (Wildman–Crippen LogP) is 4.74. The predicted molar refractivity (Wildman–Crippen MR) is 89.5 cm³/mol. The normalized spacial score (nSPS) is 11.0. The van der Waals surface area contributed by atoms with E-state index in [1.807, 2.05) is 24.3 Å². The summed E-state index contributed by atoms with van der Waals surface area (Å²) in [6, 6.07) is 15.2. The van der Waals surface area contributed by atoms with Crippen LogP contribution < -0.4 is 0 Å². The molecule has 0 aliphatic rings. The molecule has 0 saturated heterocycles. The van der Waals surface area contributed by atoms with Gasteiger partial charge in [0.15, 0.2) is 0 Å². The number of nitrogens with one attached hydrogen (secondary N) is 1. The average molecular weight is 303 g/mol. The number of fused-ring (bicyclic) bond motifs is 1. The number of aryl methyl sites for hydroxylation is 1. The van der Waals surface area contributed by atoms with Crippen LogP contribution in [0.1, 0.15) is 5.56 Å². The van der Waals surface area contributed by atoms with E-state index < -0.39 is 0 Å². The Hall–Kier alpha value is -3.01. The zero-order valence-corrected chi connectivity index (χ0v) is 12.5. The highest BCUT2D eigenvalue weighted by Gasteiger charge is 2.11. The van der Waals surface area contributed by atoms with E-state index in [9.17, 15) is 4.39 Å². The number of aromatic amines is 1. The maximum absolute atomic E-state index is 13.5. The second-order valence-corrected chi connectivity index (χ2v) is 5.54. The van der Waals surface area contributed by atoms with Crippen LogP contribution in [0.2, 0.25) is 0 Å². The Kier molecular flexibility index (Phi) is 3.15. The number of benzene rings is 2. The van der Waals surface area contributed by atoms with Gasteiger partial charge in [-0.3, -0.25) is 10.1 Å². The van der Waals surface area contributed by atoms with Gasteiger partial charge in [0, 0.05) is 22.7 Å². The number of rotatable bonds is 2. The first-order valence-electron chi connectivity index (χ1n) is 7.37. The Balaban J connectivity index is 1.90. The van der Waals surface area contributed by atoms with Gasteiger partial charge < -0.3 is 0 Å². The third-order valence-corrected chi connectivity index (χ3v) is 3.99. The maximum Gasteiger partial charge on any atom is 0.126 e. The van der Waals surface area contributed by atoms with Crippen LogP contribution in [0, 0.1) is 12.7 Å². The number of H-pyrrole nitrogens is 1. The zero-order chi connectivity index (χ0) is 15.8. The molecular weight excluding hydrogens is 289 g/mol. The molecule has 0 amide bonds. The van der Waals surface area contributed by atoms with E-state index in [1.165, 1.54) is 6.07 Å². The third-order valence-electron chi connectivity index (χ3n) is 3.99. The zero-order valence-electron chi connectivity index (χ0n) is 12.5. The highest BCUT2D eigenvalue weighted by Crippen LogP contribution is 2.32. The summed E-state index contributed by atoms with van der Waals surface area (Å²) in [5, 5.41) is 8.11. The molecule has 112 valence electrons. The van der Waals surface area contributed by atoms with Gasteiger partial charge in [-0.25, -0.2) is 4.39 Å². The first kappa shape index (κ1) is 13.6. The van der Waals surface area contributed by atoms with E-state index in [2.05, 4.69) is 27.3 Å². The molecule has 23 heavy (non-hydrogen) atoms. The molecule has 0 bridgehead atoms. The third kappa shape index (κ3) is 2.38. The monoisotopic (exact) mass is 303 g/mol. The molecule has 0 aliphatic heterocycles. The lowest BCUT2D eigenvalue weighted by atomic mass is 9.98. The minimum absolute atomic E-state index is 0.204. The van der Waals surface area contributed by atoms with Crippen molar-refractivity contribution in [2.45, 2.75) is 6.92 Å². The van der Waals surface area contributed by atoms with Crippen molar-refractivity contribution in [1.82, 2.24) is 15.2 Å². The molecule has 1 N–H and O–H groups in total. The molecule has 0 fully saturated rings. The van der Waals surface area contributed by atoms with Crippen molar-refractivity contribution in [3.8, 4) is 22.4 Å². The van der Waals surface area contributed by atoms with Crippen LogP contribution in [0.4, 0.5) is 4.39 Å². The fourth-order valence-corrected chi connectivity index (χ4v) is 2.76. The largest absolute Gasteiger partial charge is 0.278 e. The fraction of sp³-hybridized carbons (Fsp3) is 0.0526. The van der Waals surface area contributed by atoms with Gasteiger partial charge in [-0.1, -0.05) is 18.2 Å². The molecule has 2 heterocycles. The summed E-state index contributed by atoms with van der Waals surface area (Å²) in [6.07, 6.45) is 3.55. The van der Waals surface area contributed by atoms with Gasteiger partial charge in [0.05, 0.1) is 17.4 Å². The SMILES string of the molecule is Cc1cc(-c2ncccc2-c2ccc3cn[nH]c3c2)ccc1F. The molecular formula is C19H14FN3. The fourth-order valence-electron chi connectivity index (χ4n) is 2.76. The molecule has 2 aromatic carbocycles. The van der Waals surface area contributed by atoms with Crippen molar-refractivity contribution >= 4 is 10.9 Å². The molecule has 4 heteroatoms. The van der Waals surface area contributed by atoms with Gasteiger partial charge in [0.1, 0.15) is 5.82 Å². The summed E-state index contributed by atoms with van der Waals surface area (Å²) < 4.78 is 13.5. The standard InChI is InChI=1S/C19H14FN3/c1-12-9-14(6-7-17(12)20)19-16(3-2-8-21-19)13-4-5-15-11-22-23-18(15)10-13/h2-11H,1H3,(H,22,23). The Morgan fingerprint density at radius 1 is 1.00 bits per heavy atom. The number of hydrogen-bond acceptors (Lipinski definition) is 2. The van der Waals surface area contributed by atoms with Crippen molar-refractivity contribution in [1.29, 1.82) is 0 Å². The molecule has 0 unspecified atom stereocenters. The Labute approximate surface area is 132 Å². The Bertz CT molecular complexity index is 1000. The number of aromatic nitrogens is 3. The minimum Gasteiger partial charge on any atom is -0.278 e. The summed E-state index contributed by atoms with van der Waals surface area (Å²) in [5.74, 6) is -0.204. The van der Waals surface area contributed by atoms with Crippen LogP contribution in [0.5, 0.6) is 0 Å². The first-order valence-corrected chi connectivity index (χ1v) is 7.37. The molecule has 0 saturated carbocycles. The molecule has 0 aliphatic carbocycles. The van der Waals surface area contributed by atoms with Gasteiger partial charge in [-0.15, -0.1) is 0 Å².